The Balaban J connectivity index is 1.92. The molecule has 1 fully saturated rings. The Morgan fingerprint density at radius 1 is 1.20 bits per heavy atom. The van der Waals surface area contributed by atoms with Crippen LogP contribution in [0.2, 0.25) is 0 Å². The maximum atomic E-state index is 3.43. The standard InChI is InChI=1S/C13H20N2/c1-10-6-4-5-7-13(10)11-8-12(9-11)14-15(2)3/h4-7,11-12,14H,8-9H2,1-3H3. The number of nitrogens with zero attached hydrogens (tertiary/aromatic N) is 1. The Labute approximate surface area is 92.3 Å². The lowest BCUT2D eigenvalue weighted by Gasteiger charge is -2.38. The predicted octanol–water partition coefficient (Wildman–Crippen LogP) is 2.31. The Morgan fingerprint density at radius 2 is 1.87 bits per heavy atom. The van der Waals surface area contributed by atoms with E-state index in [-0.39, 0.29) is 0 Å². The summed E-state index contributed by atoms with van der Waals surface area (Å²) in [5.41, 5.74) is 6.40. The number of benzene rings is 1. The van der Waals surface area contributed by atoms with Crippen molar-refractivity contribution >= 4 is 0 Å². The van der Waals surface area contributed by atoms with E-state index in [1.165, 1.54) is 24.0 Å². The maximum absolute atomic E-state index is 3.43. The molecule has 0 aromatic heterocycles. The van der Waals surface area contributed by atoms with Crippen molar-refractivity contribution in [2.24, 2.45) is 0 Å². The topological polar surface area (TPSA) is 15.3 Å². The van der Waals surface area contributed by atoms with Crippen molar-refractivity contribution in [1.29, 1.82) is 0 Å². The lowest BCUT2D eigenvalue weighted by Crippen LogP contribution is -2.46. The monoisotopic (exact) mass is 204 g/mol. The van der Waals surface area contributed by atoms with E-state index in [1.54, 1.807) is 0 Å². The molecule has 82 valence electrons. The largest absolute Gasteiger partial charge is 0.253 e. The molecule has 0 spiro atoms. The van der Waals surface area contributed by atoms with Gasteiger partial charge in [-0.25, -0.2) is 0 Å². The molecule has 2 heteroatoms. The molecule has 1 saturated carbocycles. The van der Waals surface area contributed by atoms with Crippen LogP contribution in [0.1, 0.15) is 29.9 Å². The summed E-state index contributed by atoms with van der Waals surface area (Å²) in [4.78, 5) is 0. The van der Waals surface area contributed by atoms with Gasteiger partial charge in [-0.05, 0) is 36.8 Å². The van der Waals surface area contributed by atoms with Crippen molar-refractivity contribution in [3.05, 3.63) is 35.4 Å². The van der Waals surface area contributed by atoms with E-state index in [2.05, 4.69) is 55.7 Å². The SMILES string of the molecule is Cc1ccccc1C1CC(NN(C)C)C1. The number of hydrogen-bond donors (Lipinski definition) is 1. The Bertz CT molecular complexity index is 327. The average Bonchev–Trinajstić information content (AvgIpc) is 2.12. The lowest BCUT2D eigenvalue weighted by atomic mass is 9.75. The molecule has 0 amide bonds. The van der Waals surface area contributed by atoms with Crippen LogP contribution in [0.3, 0.4) is 0 Å². The third kappa shape index (κ3) is 2.39. The first-order valence-corrected chi connectivity index (χ1v) is 5.66. The zero-order chi connectivity index (χ0) is 10.8. The molecule has 15 heavy (non-hydrogen) atoms. The highest BCUT2D eigenvalue weighted by Crippen LogP contribution is 2.38. The summed E-state index contributed by atoms with van der Waals surface area (Å²) < 4.78 is 0. The highest BCUT2D eigenvalue weighted by molar-refractivity contribution is 5.31. The van der Waals surface area contributed by atoms with Crippen LogP contribution in [-0.2, 0) is 0 Å². The number of rotatable bonds is 3. The quantitative estimate of drug-likeness (QED) is 0.760. The van der Waals surface area contributed by atoms with Gasteiger partial charge in [0.2, 0.25) is 0 Å². The minimum Gasteiger partial charge on any atom is -0.253 e. The van der Waals surface area contributed by atoms with Gasteiger partial charge in [0, 0.05) is 20.1 Å². The molecule has 1 aliphatic carbocycles. The van der Waals surface area contributed by atoms with Crippen LogP contribution in [0.4, 0.5) is 0 Å². The zero-order valence-corrected chi connectivity index (χ0v) is 9.83. The Hall–Kier alpha value is -0.860. The van der Waals surface area contributed by atoms with Gasteiger partial charge in [0.15, 0.2) is 0 Å². The summed E-state index contributed by atoms with van der Waals surface area (Å²) in [5, 5.41) is 2.05. The molecule has 0 saturated heterocycles. The fourth-order valence-corrected chi connectivity index (χ4v) is 2.39. The van der Waals surface area contributed by atoms with Crippen molar-refractivity contribution < 1.29 is 0 Å². The number of nitrogens with one attached hydrogen (secondary N) is 1. The molecule has 0 heterocycles. The molecule has 0 aliphatic heterocycles. The molecule has 1 aliphatic rings. The first kappa shape index (κ1) is 10.7. The molecule has 1 N–H and O–H groups in total. The second-order valence-corrected chi connectivity index (χ2v) is 4.75. The fraction of sp³-hybridized carbons (Fsp3) is 0.538. The van der Waals surface area contributed by atoms with Gasteiger partial charge >= 0.3 is 0 Å². The summed E-state index contributed by atoms with van der Waals surface area (Å²) >= 11 is 0. The van der Waals surface area contributed by atoms with Crippen LogP contribution in [0.15, 0.2) is 24.3 Å². The molecule has 2 rings (SSSR count). The molecule has 0 radical (unpaired) electrons. The molecule has 1 aromatic carbocycles. The van der Waals surface area contributed by atoms with Gasteiger partial charge in [0.05, 0.1) is 0 Å². The van der Waals surface area contributed by atoms with Gasteiger partial charge in [-0.1, -0.05) is 24.3 Å². The molecule has 0 unspecified atom stereocenters. The molecule has 2 nitrogen and oxygen atoms in total. The highest BCUT2D eigenvalue weighted by atomic mass is 15.5. The van der Waals surface area contributed by atoms with Crippen LogP contribution < -0.4 is 5.43 Å². The second kappa shape index (κ2) is 4.33. The Kier molecular flexibility index (Phi) is 3.08. The first-order chi connectivity index (χ1) is 7.16. The van der Waals surface area contributed by atoms with E-state index in [0.29, 0.717) is 6.04 Å². The van der Waals surface area contributed by atoms with Crippen LogP contribution in [0, 0.1) is 6.92 Å². The smallest absolute Gasteiger partial charge is 0.0226 e. The lowest BCUT2D eigenvalue weighted by molar-refractivity contribution is 0.165. The summed E-state index contributed by atoms with van der Waals surface area (Å²) in [6.07, 6.45) is 2.53. The van der Waals surface area contributed by atoms with Gasteiger partial charge in [-0.2, -0.15) is 0 Å². The molecular formula is C13H20N2. The van der Waals surface area contributed by atoms with Crippen molar-refractivity contribution in [2.45, 2.75) is 31.7 Å². The van der Waals surface area contributed by atoms with Crippen molar-refractivity contribution in [3.8, 4) is 0 Å². The third-order valence-electron chi connectivity index (χ3n) is 3.21. The first-order valence-electron chi connectivity index (χ1n) is 5.66. The van der Waals surface area contributed by atoms with Gasteiger partial charge in [-0.3, -0.25) is 10.4 Å². The van der Waals surface area contributed by atoms with Gasteiger partial charge in [0.1, 0.15) is 0 Å². The van der Waals surface area contributed by atoms with Crippen LogP contribution in [0.5, 0.6) is 0 Å². The normalized spacial score (nSPS) is 25.3. The van der Waals surface area contributed by atoms with E-state index in [1.807, 2.05) is 0 Å². The van der Waals surface area contributed by atoms with E-state index < -0.39 is 0 Å². The van der Waals surface area contributed by atoms with E-state index in [0.717, 1.165) is 5.92 Å². The predicted molar refractivity (Wildman–Crippen MR) is 63.8 cm³/mol. The average molecular weight is 204 g/mol. The number of hydrogen-bond acceptors (Lipinski definition) is 2. The van der Waals surface area contributed by atoms with Crippen LogP contribution in [0.25, 0.3) is 0 Å². The number of hydrazine groups is 1. The van der Waals surface area contributed by atoms with Crippen LogP contribution >= 0.6 is 0 Å². The van der Waals surface area contributed by atoms with Gasteiger partial charge in [-0.15, -0.1) is 0 Å². The minimum absolute atomic E-state index is 0.671. The van der Waals surface area contributed by atoms with E-state index in [4.69, 9.17) is 0 Å². The highest BCUT2D eigenvalue weighted by Gasteiger charge is 2.30. The van der Waals surface area contributed by atoms with E-state index in [9.17, 15) is 0 Å². The Morgan fingerprint density at radius 3 is 2.47 bits per heavy atom. The fourth-order valence-electron chi connectivity index (χ4n) is 2.39. The molecular weight excluding hydrogens is 184 g/mol. The van der Waals surface area contributed by atoms with Gasteiger partial charge in [0.25, 0.3) is 0 Å². The second-order valence-electron chi connectivity index (χ2n) is 4.75. The van der Waals surface area contributed by atoms with Crippen molar-refractivity contribution in [3.63, 3.8) is 0 Å². The summed E-state index contributed by atoms with van der Waals surface area (Å²) in [5.74, 6) is 0.767. The zero-order valence-electron chi connectivity index (χ0n) is 9.83. The summed E-state index contributed by atoms with van der Waals surface area (Å²) in [6.45, 7) is 2.21. The van der Waals surface area contributed by atoms with Crippen molar-refractivity contribution in [2.75, 3.05) is 14.1 Å². The maximum Gasteiger partial charge on any atom is 0.0226 e. The summed E-state index contributed by atoms with van der Waals surface area (Å²) in [7, 11) is 4.11. The summed E-state index contributed by atoms with van der Waals surface area (Å²) in [6, 6.07) is 9.42. The molecule has 0 bridgehead atoms. The molecule has 0 atom stereocenters. The third-order valence-corrected chi connectivity index (χ3v) is 3.21. The van der Waals surface area contributed by atoms with Crippen LogP contribution in [-0.4, -0.2) is 25.1 Å². The number of aryl methyl sites for hydroxylation is 1. The van der Waals surface area contributed by atoms with Crippen molar-refractivity contribution in [1.82, 2.24) is 10.4 Å². The minimum atomic E-state index is 0.671. The van der Waals surface area contributed by atoms with Gasteiger partial charge < -0.3 is 0 Å². The van der Waals surface area contributed by atoms with E-state index >= 15 is 0 Å². The molecule has 1 aromatic rings.